The van der Waals surface area contributed by atoms with Gasteiger partial charge in [-0.3, -0.25) is 0 Å². The number of nitrogen functional groups attached to an aromatic ring is 1. The molecule has 0 aliphatic rings. The fourth-order valence-electron chi connectivity index (χ4n) is 2.04. The minimum absolute atomic E-state index is 0.0586. The van der Waals surface area contributed by atoms with Crippen molar-refractivity contribution in [3.63, 3.8) is 0 Å². The maximum absolute atomic E-state index is 13.8. The number of rotatable bonds is 5. The Morgan fingerprint density at radius 3 is 2.69 bits per heavy atom. The van der Waals surface area contributed by atoms with Gasteiger partial charge < -0.3 is 15.6 Å². The van der Waals surface area contributed by atoms with E-state index < -0.39 is 29.2 Å². The average Bonchev–Trinajstić information content (AvgIpc) is 3.10. The molecule has 6 nitrogen and oxygen atoms in total. The molecule has 0 aliphatic carbocycles. The fraction of sp³-hybridized carbons (Fsp3) is 0.0625. The maximum Gasteiger partial charge on any atom is 0.345 e. The van der Waals surface area contributed by atoms with Gasteiger partial charge in [-0.25, -0.2) is 23.5 Å². The minimum atomic E-state index is -1.06. The van der Waals surface area contributed by atoms with Crippen molar-refractivity contribution in [1.82, 2.24) is 9.97 Å². The Morgan fingerprint density at radius 1 is 1.27 bits per heavy atom. The summed E-state index contributed by atoms with van der Waals surface area (Å²) in [7, 11) is 0. The highest BCUT2D eigenvalue weighted by Crippen LogP contribution is 2.30. The third-order valence-corrected chi connectivity index (χ3v) is 4.83. The molecule has 0 bridgehead atoms. The van der Waals surface area contributed by atoms with Gasteiger partial charge in [-0.05, 0) is 24.3 Å². The second-order valence-electron chi connectivity index (χ2n) is 5.03. The highest BCUT2D eigenvalue weighted by Gasteiger charge is 2.16. The molecule has 2 heterocycles. The SMILES string of the molecule is Nc1ncc(-c2ccc(C(=O)O)s2)nc1OCc1c(F)ccc(F)c1Cl. The van der Waals surface area contributed by atoms with Gasteiger partial charge in [-0.15, -0.1) is 11.3 Å². The number of carbonyl (C=O) groups is 1. The maximum atomic E-state index is 13.8. The Bertz CT molecular complexity index is 997. The van der Waals surface area contributed by atoms with Crippen molar-refractivity contribution < 1.29 is 23.4 Å². The number of hydrogen-bond donors (Lipinski definition) is 2. The van der Waals surface area contributed by atoms with Crippen molar-refractivity contribution in [2.45, 2.75) is 6.61 Å². The van der Waals surface area contributed by atoms with Crippen LogP contribution >= 0.6 is 22.9 Å². The minimum Gasteiger partial charge on any atom is -0.477 e. The molecular formula is C16H10ClF2N3O3S. The van der Waals surface area contributed by atoms with Crippen LogP contribution in [0.4, 0.5) is 14.6 Å². The Kier molecular flexibility index (Phi) is 5.01. The van der Waals surface area contributed by atoms with Crippen LogP contribution in [0, 0.1) is 11.6 Å². The van der Waals surface area contributed by atoms with Crippen molar-refractivity contribution >= 4 is 34.7 Å². The second-order valence-corrected chi connectivity index (χ2v) is 6.49. The summed E-state index contributed by atoms with van der Waals surface area (Å²) < 4.78 is 32.6. The number of thiophene rings is 1. The summed E-state index contributed by atoms with van der Waals surface area (Å²) in [6, 6.07) is 4.85. The normalized spacial score (nSPS) is 10.7. The second kappa shape index (κ2) is 7.22. The van der Waals surface area contributed by atoms with Crippen LogP contribution in [-0.4, -0.2) is 21.0 Å². The summed E-state index contributed by atoms with van der Waals surface area (Å²) in [4.78, 5) is 19.7. The smallest absolute Gasteiger partial charge is 0.345 e. The molecule has 0 aliphatic heterocycles. The van der Waals surface area contributed by atoms with Crippen molar-refractivity contribution in [3.05, 3.63) is 57.6 Å². The van der Waals surface area contributed by atoms with Crippen molar-refractivity contribution in [1.29, 1.82) is 0 Å². The topological polar surface area (TPSA) is 98.3 Å². The summed E-state index contributed by atoms with van der Waals surface area (Å²) in [6.07, 6.45) is 1.36. The Labute approximate surface area is 154 Å². The van der Waals surface area contributed by atoms with Gasteiger partial charge in [-0.1, -0.05) is 11.6 Å². The van der Waals surface area contributed by atoms with Gasteiger partial charge in [0, 0.05) is 5.56 Å². The number of nitrogens with two attached hydrogens (primary N) is 1. The van der Waals surface area contributed by atoms with E-state index >= 15 is 0 Å². The van der Waals surface area contributed by atoms with E-state index in [1.807, 2.05) is 0 Å². The lowest BCUT2D eigenvalue weighted by atomic mass is 10.2. The first-order valence-electron chi connectivity index (χ1n) is 7.08. The van der Waals surface area contributed by atoms with Crippen LogP contribution < -0.4 is 10.5 Å². The lowest BCUT2D eigenvalue weighted by Gasteiger charge is -2.10. The zero-order valence-corrected chi connectivity index (χ0v) is 14.4. The first-order chi connectivity index (χ1) is 12.4. The number of carboxylic acids is 1. The largest absolute Gasteiger partial charge is 0.477 e. The Hall–Kier alpha value is -2.78. The van der Waals surface area contributed by atoms with Crippen LogP contribution in [0.3, 0.4) is 0 Å². The van der Waals surface area contributed by atoms with Crippen LogP contribution in [0.2, 0.25) is 5.02 Å². The lowest BCUT2D eigenvalue weighted by molar-refractivity contribution is 0.0702. The average molecular weight is 398 g/mol. The molecule has 3 rings (SSSR count). The summed E-state index contributed by atoms with van der Waals surface area (Å²) >= 11 is 6.75. The monoisotopic (exact) mass is 397 g/mol. The van der Waals surface area contributed by atoms with E-state index in [2.05, 4.69) is 9.97 Å². The molecule has 0 atom stereocenters. The molecule has 2 aromatic heterocycles. The Morgan fingerprint density at radius 2 is 2.00 bits per heavy atom. The molecule has 0 amide bonds. The van der Waals surface area contributed by atoms with Gasteiger partial charge >= 0.3 is 5.97 Å². The molecule has 0 spiro atoms. The summed E-state index contributed by atoms with van der Waals surface area (Å²) in [5.74, 6) is -2.73. The number of nitrogens with zero attached hydrogens (tertiary/aromatic N) is 2. The number of anilines is 1. The number of carboxylic acid groups (broad SMARTS) is 1. The standard InChI is InChI=1S/C16H10ClF2N3O3S/c17-13-7(8(18)1-2-9(13)19)6-25-15-14(20)21-5-10(22-15)11-3-4-12(26-11)16(23)24/h1-5H,6H2,(H2,20,21)(H,23,24). The number of hydrogen-bond acceptors (Lipinski definition) is 6. The number of aromatic nitrogens is 2. The molecule has 1 aromatic carbocycles. The molecule has 10 heteroatoms. The van der Waals surface area contributed by atoms with E-state index in [-0.39, 0.29) is 22.1 Å². The molecule has 0 radical (unpaired) electrons. The van der Waals surface area contributed by atoms with Crippen LogP contribution in [0.25, 0.3) is 10.6 Å². The third-order valence-electron chi connectivity index (χ3n) is 3.33. The van der Waals surface area contributed by atoms with Gasteiger partial charge in [-0.2, -0.15) is 0 Å². The van der Waals surface area contributed by atoms with E-state index in [0.717, 1.165) is 23.5 Å². The van der Waals surface area contributed by atoms with Crippen molar-refractivity contribution in [2.24, 2.45) is 0 Å². The van der Waals surface area contributed by atoms with E-state index in [0.29, 0.717) is 10.6 Å². The van der Waals surface area contributed by atoms with Crippen LogP contribution in [0.5, 0.6) is 5.88 Å². The predicted octanol–water partition coefficient (Wildman–Crippen LogP) is 4.00. The molecule has 26 heavy (non-hydrogen) atoms. The molecule has 0 fully saturated rings. The highest BCUT2D eigenvalue weighted by atomic mass is 35.5. The van der Waals surface area contributed by atoms with Gasteiger partial charge in [0.2, 0.25) is 0 Å². The van der Waals surface area contributed by atoms with E-state index in [1.165, 1.54) is 12.3 Å². The number of aromatic carboxylic acids is 1. The van der Waals surface area contributed by atoms with E-state index in [1.54, 1.807) is 6.07 Å². The van der Waals surface area contributed by atoms with E-state index in [9.17, 15) is 13.6 Å². The van der Waals surface area contributed by atoms with Gasteiger partial charge in [0.25, 0.3) is 5.88 Å². The van der Waals surface area contributed by atoms with Crippen molar-refractivity contribution in [2.75, 3.05) is 5.73 Å². The third kappa shape index (κ3) is 3.58. The number of benzene rings is 1. The van der Waals surface area contributed by atoms with Crippen LogP contribution in [0.15, 0.2) is 30.5 Å². The quantitative estimate of drug-likeness (QED) is 0.631. The summed E-state index contributed by atoms with van der Waals surface area (Å²) in [5.41, 5.74) is 5.85. The predicted molar refractivity (Wildman–Crippen MR) is 92.4 cm³/mol. The van der Waals surface area contributed by atoms with Gasteiger partial charge in [0.1, 0.15) is 28.8 Å². The summed E-state index contributed by atoms with van der Waals surface area (Å²) in [6.45, 7) is -0.407. The van der Waals surface area contributed by atoms with Gasteiger partial charge in [0.05, 0.1) is 16.1 Å². The van der Waals surface area contributed by atoms with E-state index in [4.69, 9.17) is 27.2 Å². The zero-order chi connectivity index (χ0) is 18.8. The van der Waals surface area contributed by atoms with Crippen LogP contribution in [-0.2, 0) is 6.61 Å². The molecule has 0 unspecified atom stereocenters. The number of ether oxygens (including phenoxy) is 1. The molecule has 0 saturated carbocycles. The first-order valence-corrected chi connectivity index (χ1v) is 8.27. The van der Waals surface area contributed by atoms with Crippen molar-refractivity contribution in [3.8, 4) is 16.5 Å². The molecular weight excluding hydrogens is 388 g/mol. The fourth-order valence-corrected chi connectivity index (χ4v) is 3.05. The van der Waals surface area contributed by atoms with Gasteiger partial charge in [0.15, 0.2) is 5.82 Å². The molecule has 3 aromatic rings. The Balaban J connectivity index is 1.87. The summed E-state index contributed by atoms with van der Waals surface area (Å²) in [5, 5.41) is 8.59. The lowest BCUT2D eigenvalue weighted by Crippen LogP contribution is -2.06. The first kappa shape index (κ1) is 18.0. The molecule has 3 N–H and O–H groups in total. The number of halogens is 3. The highest BCUT2D eigenvalue weighted by molar-refractivity contribution is 7.17. The molecule has 0 saturated heterocycles. The molecule has 134 valence electrons. The zero-order valence-electron chi connectivity index (χ0n) is 12.9. The van der Waals surface area contributed by atoms with Crippen LogP contribution in [0.1, 0.15) is 15.2 Å².